The third kappa shape index (κ3) is 3.51. The monoisotopic (exact) mass is 296 g/mol. The lowest BCUT2D eigenvalue weighted by Gasteiger charge is -2.30. The first-order valence-corrected chi connectivity index (χ1v) is 8.06. The van der Waals surface area contributed by atoms with Crippen molar-refractivity contribution in [2.75, 3.05) is 18.0 Å². The summed E-state index contributed by atoms with van der Waals surface area (Å²) in [6.07, 6.45) is 2.46. The van der Waals surface area contributed by atoms with E-state index in [1.54, 1.807) is 11.3 Å². The second-order valence-electron chi connectivity index (χ2n) is 6.76. The van der Waals surface area contributed by atoms with Crippen LogP contribution in [0.2, 0.25) is 0 Å². The summed E-state index contributed by atoms with van der Waals surface area (Å²) >= 11 is 1.56. The van der Waals surface area contributed by atoms with Crippen LogP contribution in [0.25, 0.3) is 0 Å². The minimum atomic E-state index is -0.780. The molecule has 0 bridgehead atoms. The standard InChI is InChI=1S/C15H24N2O2S/c1-10-5-7-17(8-6-10)14-16-13(15(2,3)4)11(20-14)9-12(18)19/h10H,5-9H2,1-4H3,(H,18,19). The summed E-state index contributed by atoms with van der Waals surface area (Å²) in [6.45, 7) is 10.6. The Morgan fingerprint density at radius 3 is 2.50 bits per heavy atom. The number of nitrogens with zero attached hydrogens (tertiary/aromatic N) is 2. The van der Waals surface area contributed by atoms with Crippen LogP contribution in [0.5, 0.6) is 0 Å². The third-order valence-electron chi connectivity index (χ3n) is 3.76. The summed E-state index contributed by atoms with van der Waals surface area (Å²) in [5.74, 6) is 0.00440. The molecule has 2 rings (SSSR count). The average molecular weight is 296 g/mol. The first-order chi connectivity index (χ1) is 9.27. The molecule has 2 heterocycles. The fourth-order valence-electron chi connectivity index (χ4n) is 2.52. The van der Waals surface area contributed by atoms with E-state index < -0.39 is 5.97 Å². The van der Waals surface area contributed by atoms with E-state index in [0.29, 0.717) is 0 Å². The Bertz CT molecular complexity index is 483. The molecule has 0 saturated carbocycles. The number of carboxylic acids is 1. The van der Waals surface area contributed by atoms with Crippen LogP contribution in [0.15, 0.2) is 0 Å². The number of aliphatic carboxylic acids is 1. The summed E-state index contributed by atoms with van der Waals surface area (Å²) in [5, 5.41) is 10.1. The number of hydrogen-bond acceptors (Lipinski definition) is 4. The molecule has 112 valence electrons. The number of anilines is 1. The van der Waals surface area contributed by atoms with E-state index in [1.165, 1.54) is 12.8 Å². The zero-order valence-electron chi connectivity index (χ0n) is 12.8. The number of piperidine rings is 1. The maximum Gasteiger partial charge on any atom is 0.308 e. The Hall–Kier alpha value is -1.10. The van der Waals surface area contributed by atoms with Gasteiger partial charge in [-0.1, -0.05) is 27.7 Å². The van der Waals surface area contributed by atoms with E-state index in [9.17, 15) is 4.79 Å². The first kappa shape index (κ1) is 15.3. The van der Waals surface area contributed by atoms with Crippen molar-refractivity contribution >= 4 is 22.4 Å². The number of aromatic nitrogens is 1. The van der Waals surface area contributed by atoms with Crippen LogP contribution in [0, 0.1) is 5.92 Å². The summed E-state index contributed by atoms with van der Waals surface area (Å²) in [5.41, 5.74) is 0.835. The highest BCUT2D eigenvalue weighted by Gasteiger charge is 2.27. The molecule has 0 amide bonds. The second kappa shape index (κ2) is 5.72. The molecule has 1 aromatic heterocycles. The fourth-order valence-corrected chi connectivity index (χ4v) is 3.83. The van der Waals surface area contributed by atoms with Crippen molar-refractivity contribution in [2.45, 2.75) is 52.4 Å². The van der Waals surface area contributed by atoms with E-state index in [1.807, 2.05) is 0 Å². The van der Waals surface area contributed by atoms with Gasteiger partial charge >= 0.3 is 5.97 Å². The van der Waals surface area contributed by atoms with Crippen LogP contribution < -0.4 is 4.90 Å². The van der Waals surface area contributed by atoms with Gasteiger partial charge in [0.15, 0.2) is 5.13 Å². The van der Waals surface area contributed by atoms with Gasteiger partial charge in [-0.25, -0.2) is 4.98 Å². The number of carboxylic acid groups (broad SMARTS) is 1. The quantitative estimate of drug-likeness (QED) is 0.930. The molecular formula is C15H24N2O2S. The van der Waals surface area contributed by atoms with Gasteiger partial charge in [-0.05, 0) is 18.8 Å². The maximum atomic E-state index is 11.0. The van der Waals surface area contributed by atoms with E-state index in [0.717, 1.165) is 34.7 Å². The second-order valence-corrected chi connectivity index (χ2v) is 7.82. The molecule has 20 heavy (non-hydrogen) atoms. The molecule has 0 aromatic carbocycles. The Morgan fingerprint density at radius 2 is 2.00 bits per heavy atom. The zero-order chi connectivity index (χ0) is 14.9. The van der Waals surface area contributed by atoms with Gasteiger partial charge in [0.1, 0.15) is 0 Å². The Kier molecular flexibility index (Phi) is 4.37. The van der Waals surface area contributed by atoms with Crippen LogP contribution in [-0.2, 0) is 16.6 Å². The molecular weight excluding hydrogens is 272 g/mol. The van der Waals surface area contributed by atoms with Crippen LogP contribution in [-0.4, -0.2) is 29.1 Å². The lowest BCUT2D eigenvalue weighted by molar-refractivity contribution is -0.136. The molecule has 1 aliphatic heterocycles. The Balaban J connectivity index is 2.26. The molecule has 1 aliphatic rings. The molecule has 4 nitrogen and oxygen atoms in total. The Labute approximate surface area is 124 Å². The number of thiazole rings is 1. The van der Waals surface area contributed by atoms with E-state index >= 15 is 0 Å². The predicted octanol–water partition coefficient (Wildman–Crippen LogP) is 3.30. The minimum absolute atomic E-state index is 0.0779. The highest BCUT2D eigenvalue weighted by atomic mass is 32.1. The van der Waals surface area contributed by atoms with Gasteiger partial charge in [0.2, 0.25) is 0 Å². The molecule has 0 aliphatic carbocycles. The minimum Gasteiger partial charge on any atom is -0.481 e. The van der Waals surface area contributed by atoms with Crippen molar-refractivity contribution < 1.29 is 9.90 Å². The van der Waals surface area contributed by atoms with Gasteiger partial charge < -0.3 is 10.0 Å². The molecule has 1 fully saturated rings. The summed E-state index contributed by atoms with van der Waals surface area (Å²) in [4.78, 5) is 19.0. The molecule has 1 aromatic rings. The van der Waals surface area contributed by atoms with Crippen LogP contribution >= 0.6 is 11.3 Å². The molecule has 0 spiro atoms. The molecule has 0 unspecified atom stereocenters. The van der Waals surface area contributed by atoms with Gasteiger partial charge in [-0.3, -0.25) is 4.79 Å². The molecule has 5 heteroatoms. The smallest absolute Gasteiger partial charge is 0.308 e. The van der Waals surface area contributed by atoms with E-state index in [-0.39, 0.29) is 11.8 Å². The predicted molar refractivity (Wildman–Crippen MR) is 82.8 cm³/mol. The molecule has 1 saturated heterocycles. The van der Waals surface area contributed by atoms with Crippen LogP contribution in [0.1, 0.15) is 51.1 Å². The van der Waals surface area contributed by atoms with Gasteiger partial charge in [0.25, 0.3) is 0 Å². The molecule has 0 atom stereocenters. The highest BCUT2D eigenvalue weighted by molar-refractivity contribution is 7.15. The van der Waals surface area contributed by atoms with Crippen molar-refractivity contribution in [3.05, 3.63) is 10.6 Å². The van der Waals surface area contributed by atoms with Crippen molar-refractivity contribution in [1.29, 1.82) is 0 Å². The largest absolute Gasteiger partial charge is 0.481 e. The van der Waals surface area contributed by atoms with E-state index in [2.05, 4.69) is 32.6 Å². The van der Waals surface area contributed by atoms with E-state index in [4.69, 9.17) is 10.1 Å². The van der Waals surface area contributed by atoms with Gasteiger partial charge in [-0.15, -0.1) is 11.3 Å². The highest BCUT2D eigenvalue weighted by Crippen LogP contribution is 2.35. The summed E-state index contributed by atoms with van der Waals surface area (Å²) < 4.78 is 0. The lowest BCUT2D eigenvalue weighted by Crippen LogP contribution is -2.32. The van der Waals surface area contributed by atoms with Gasteiger partial charge in [0.05, 0.1) is 12.1 Å². The first-order valence-electron chi connectivity index (χ1n) is 7.24. The van der Waals surface area contributed by atoms with Crippen molar-refractivity contribution in [1.82, 2.24) is 4.98 Å². The van der Waals surface area contributed by atoms with Crippen molar-refractivity contribution in [3.63, 3.8) is 0 Å². The summed E-state index contributed by atoms with van der Waals surface area (Å²) in [6, 6.07) is 0. The maximum absolute atomic E-state index is 11.0. The average Bonchev–Trinajstić information content (AvgIpc) is 2.72. The molecule has 1 N–H and O–H groups in total. The van der Waals surface area contributed by atoms with Crippen LogP contribution in [0.3, 0.4) is 0 Å². The van der Waals surface area contributed by atoms with Crippen LogP contribution in [0.4, 0.5) is 5.13 Å². The topological polar surface area (TPSA) is 53.4 Å². The van der Waals surface area contributed by atoms with Gasteiger partial charge in [-0.2, -0.15) is 0 Å². The number of hydrogen-bond donors (Lipinski definition) is 1. The fraction of sp³-hybridized carbons (Fsp3) is 0.733. The normalized spacial score (nSPS) is 17.5. The zero-order valence-corrected chi connectivity index (χ0v) is 13.6. The van der Waals surface area contributed by atoms with Crippen molar-refractivity contribution in [3.8, 4) is 0 Å². The lowest BCUT2D eigenvalue weighted by atomic mass is 9.91. The summed E-state index contributed by atoms with van der Waals surface area (Å²) in [7, 11) is 0. The Morgan fingerprint density at radius 1 is 1.40 bits per heavy atom. The SMILES string of the molecule is CC1CCN(c2nc(C(C)(C)C)c(CC(=O)O)s2)CC1. The molecule has 0 radical (unpaired) electrons. The van der Waals surface area contributed by atoms with Gasteiger partial charge in [0, 0.05) is 23.4 Å². The third-order valence-corrected chi connectivity index (χ3v) is 4.88. The van der Waals surface area contributed by atoms with Crippen molar-refractivity contribution in [2.24, 2.45) is 5.92 Å². The number of rotatable bonds is 3. The number of carbonyl (C=O) groups is 1.